The normalized spacial score (nSPS) is 14.9. The van der Waals surface area contributed by atoms with E-state index in [1.54, 1.807) is 0 Å². The maximum Gasteiger partial charge on any atom is 0.247 e. The molecule has 150 valence electrons. The quantitative estimate of drug-likeness (QED) is 0.652. The van der Waals surface area contributed by atoms with Crippen molar-refractivity contribution in [2.75, 3.05) is 11.9 Å². The fourth-order valence-electron chi connectivity index (χ4n) is 3.30. The summed E-state index contributed by atoms with van der Waals surface area (Å²) in [5, 5.41) is 11.0. The molecule has 1 N–H and O–H groups in total. The van der Waals surface area contributed by atoms with Gasteiger partial charge in [-0.1, -0.05) is 18.2 Å². The van der Waals surface area contributed by atoms with E-state index in [4.69, 9.17) is 13.9 Å². The summed E-state index contributed by atoms with van der Waals surface area (Å²) in [6, 6.07) is 13.3. The number of nitrogens with zero attached hydrogens (tertiary/aromatic N) is 2. The molecule has 7 heteroatoms. The molecule has 29 heavy (non-hydrogen) atoms. The molecule has 1 aliphatic rings. The second-order valence-electron chi connectivity index (χ2n) is 6.94. The monoisotopic (exact) mass is 393 g/mol. The maximum atomic E-state index is 12.5. The van der Waals surface area contributed by atoms with Gasteiger partial charge in [-0.05, 0) is 32.0 Å². The molecule has 0 spiro atoms. The molecule has 1 amide bonds. The molecule has 1 atom stereocenters. The Morgan fingerprint density at radius 3 is 2.86 bits per heavy atom. The van der Waals surface area contributed by atoms with Crippen LogP contribution >= 0.6 is 0 Å². The van der Waals surface area contributed by atoms with E-state index in [-0.39, 0.29) is 18.4 Å². The molecule has 1 unspecified atom stereocenters. The van der Waals surface area contributed by atoms with Crippen LogP contribution in [0.5, 0.6) is 11.5 Å². The number of fused-ring (bicyclic) bond motifs is 1. The SMILES string of the molecule is CCOc1cc2c(cc1NC(=O)CCc1nnc(-c3ccccc3)o1)OC(C)C2. The minimum atomic E-state index is -0.156. The van der Waals surface area contributed by atoms with E-state index in [2.05, 4.69) is 15.5 Å². The number of ether oxygens (including phenoxy) is 2. The first-order chi connectivity index (χ1) is 14.1. The summed E-state index contributed by atoms with van der Waals surface area (Å²) in [4.78, 5) is 12.5. The van der Waals surface area contributed by atoms with E-state index in [9.17, 15) is 4.79 Å². The fourth-order valence-corrected chi connectivity index (χ4v) is 3.30. The Bertz CT molecular complexity index is 1000. The van der Waals surface area contributed by atoms with Crippen molar-refractivity contribution in [1.29, 1.82) is 0 Å². The first-order valence-corrected chi connectivity index (χ1v) is 9.76. The van der Waals surface area contributed by atoms with Crippen molar-refractivity contribution in [3.63, 3.8) is 0 Å². The van der Waals surface area contributed by atoms with Gasteiger partial charge in [-0.2, -0.15) is 0 Å². The smallest absolute Gasteiger partial charge is 0.247 e. The molecule has 0 aliphatic carbocycles. The third kappa shape index (κ3) is 4.39. The van der Waals surface area contributed by atoms with Gasteiger partial charge in [-0.25, -0.2) is 0 Å². The molecule has 1 aromatic heterocycles. The maximum absolute atomic E-state index is 12.5. The van der Waals surface area contributed by atoms with Crippen LogP contribution in [-0.2, 0) is 17.6 Å². The lowest BCUT2D eigenvalue weighted by Gasteiger charge is -2.13. The van der Waals surface area contributed by atoms with Gasteiger partial charge < -0.3 is 19.2 Å². The van der Waals surface area contributed by atoms with Crippen LogP contribution in [0.15, 0.2) is 46.9 Å². The van der Waals surface area contributed by atoms with Gasteiger partial charge in [0.1, 0.15) is 17.6 Å². The van der Waals surface area contributed by atoms with Crippen LogP contribution in [0.4, 0.5) is 5.69 Å². The van der Waals surface area contributed by atoms with Crippen LogP contribution in [0.1, 0.15) is 31.7 Å². The average Bonchev–Trinajstić information content (AvgIpc) is 3.33. The summed E-state index contributed by atoms with van der Waals surface area (Å²) in [7, 11) is 0. The highest BCUT2D eigenvalue weighted by Gasteiger charge is 2.22. The van der Waals surface area contributed by atoms with Crippen LogP contribution in [0.3, 0.4) is 0 Å². The number of anilines is 1. The molecule has 0 saturated carbocycles. The molecular formula is C22H23N3O4. The zero-order valence-corrected chi connectivity index (χ0v) is 16.5. The van der Waals surface area contributed by atoms with Crippen molar-refractivity contribution in [2.24, 2.45) is 0 Å². The molecule has 7 nitrogen and oxygen atoms in total. The van der Waals surface area contributed by atoms with Crippen LogP contribution < -0.4 is 14.8 Å². The number of carbonyl (C=O) groups excluding carboxylic acids is 1. The topological polar surface area (TPSA) is 86.5 Å². The van der Waals surface area contributed by atoms with E-state index in [1.807, 2.05) is 56.3 Å². The molecule has 2 heterocycles. The molecule has 0 fully saturated rings. The highest BCUT2D eigenvalue weighted by molar-refractivity contribution is 5.92. The van der Waals surface area contributed by atoms with Gasteiger partial charge in [0.25, 0.3) is 0 Å². The predicted molar refractivity (Wildman–Crippen MR) is 108 cm³/mol. The first kappa shape index (κ1) is 19.0. The van der Waals surface area contributed by atoms with Crippen LogP contribution in [0, 0.1) is 0 Å². The molecule has 3 aromatic rings. The summed E-state index contributed by atoms with van der Waals surface area (Å²) in [6.07, 6.45) is 1.54. The first-order valence-electron chi connectivity index (χ1n) is 9.76. The van der Waals surface area contributed by atoms with Gasteiger partial charge in [0.15, 0.2) is 0 Å². The van der Waals surface area contributed by atoms with E-state index in [0.29, 0.717) is 36.2 Å². The Hall–Kier alpha value is -3.35. The summed E-state index contributed by atoms with van der Waals surface area (Å²) >= 11 is 0. The Kier molecular flexibility index (Phi) is 5.46. The minimum Gasteiger partial charge on any atom is -0.492 e. The molecule has 2 aromatic carbocycles. The van der Waals surface area contributed by atoms with Crippen LogP contribution in [0.2, 0.25) is 0 Å². The van der Waals surface area contributed by atoms with Crippen molar-refractivity contribution in [3.8, 4) is 23.0 Å². The number of amides is 1. The number of aromatic nitrogens is 2. The predicted octanol–water partition coefficient (Wildman–Crippen LogP) is 4.03. The van der Waals surface area contributed by atoms with Crippen molar-refractivity contribution >= 4 is 11.6 Å². The minimum absolute atomic E-state index is 0.127. The Morgan fingerprint density at radius 2 is 2.07 bits per heavy atom. The lowest BCUT2D eigenvalue weighted by atomic mass is 10.1. The zero-order chi connectivity index (χ0) is 20.2. The molecule has 0 radical (unpaired) electrons. The molecule has 1 aliphatic heterocycles. The second kappa shape index (κ2) is 8.34. The summed E-state index contributed by atoms with van der Waals surface area (Å²) in [5.74, 6) is 2.16. The van der Waals surface area contributed by atoms with Crippen molar-refractivity contribution < 1.29 is 18.7 Å². The lowest BCUT2D eigenvalue weighted by molar-refractivity contribution is -0.116. The lowest BCUT2D eigenvalue weighted by Crippen LogP contribution is -2.13. The van der Waals surface area contributed by atoms with Crippen molar-refractivity contribution in [2.45, 2.75) is 39.2 Å². The number of carbonyl (C=O) groups is 1. The second-order valence-corrected chi connectivity index (χ2v) is 6.94. The summed E-state index contributed by atoms with van der Waals surface area (Å²) in [6.45, 7) is 4.45. The van der Waals surface area contributed by atoms with Gasteiger partial charge in [0.05, 0.1) is 12.3 Å². The average molecular weight is 393 g/mol. The van der Waals surface area contributed by atoms with E-state index >= 15 is 0 Å². The fraction of sp³-hybridized carbons (Fsp3) is 0.318. The standard InChI is InChI=1S/C22H23N3O4/c1-3-27-19-12-16-11-14(2)28-18(16)13-17(19)23-20(26)9-10-21-24-25-22(29-21)15-7-5-4-6-8-15/h4-8,12-14H,3,9-11H2,1-2H3,(H,23,26). The summed E-state index contributed by atoms with van der Waals surface area (Å²) in [5.41, 5.74) is 2.56. The number of benzene rings is 2. The third-order valence-electron chi connectivity index (χ3n) is 4.63. The Balaban J connectivity index is 1.40. The van der Waals surface area contributed by atoms with E-state index in [1.165, 1.54) is 0 Å². The number of nitrogens with one attached hydrogen (secondary N) is 1. The van der Waals surface area contributed by atoms with E-state index < -0.39 is 0 Å². The van der Waals surface area contributed by atoms with E-state index in [0.717, 1.165) is 23.3 Å². The Morgan fingerprint density at radius 1 is 1.24 bits per heavy atom. The van der Waals surface area contributed by atoms with Crippen molar-refractivity contribution in [1.82, 2.24) is 10.2 Å². The highest BCUT2D eigenvalue weighted by Crippen LogP contribution is 2.38. The molecule has 4 rings (SSSR count). The number of rotatable bonds is 7. The van der Waals surface area contributed by atoms with Gasteiger partial charge in [-0.3, -0.25) is 4.79 Å². The summed E-state index contributed by atoms with van der Waals surface area (Å²) < 4.78 is 17.2. The zero-order valence-electron chi connectivity index (χ0n) is 16.5. The third-order valence-corrected chi connectivity index (χ3v) is 4.63. The van der Waals surface area contributed by atoms with Gasteiger partial charge in [-0.15, -0.1) is 10.2 Å². The molecular weight excluding hydrogens is 370 g/mol. The van der Waals surface area contributed by atoms with Crippen LogP contribution in [0.25, 0.3) is 11.5 Å². The largest absolute Gasteiger partial charge is 0.492 e. The van der Waals surface area contributed by atoms with Crippen molar-refractivity contribution in [3.05, 3.63) is 53.9 Å². The van der Waals surface area contributed by atoms with Gasteiger partial charge in [0, 0.05) is 36.5 Å². The van der Waals surface area contributed by atoms with Gasteiger partial charge in [0.2, 0.25) is 17.7 Å². The number of hydrogen-bond acceptors (Lipinski definition) is 6. The molecule has 0 saturated heterocycles. The Labute approximate surface area is 169 Å². The molecule has 0 bridgehead atoms. The van der Waals surface area contributed by atoms with Crippen LogP contribution in [-0.4, -0.2) is 28.8 Å². The number of hydrogen-bond donors (Lipinski definition) is 1. The highest BCUT2D eigenvalue weighted by atomic mass is 16.5. The number of aryl methyl sites for hydroxylation is 1. The van der Waals surface area contributed by atoms with Gasteiger partial charge >= 0.3 is 0 Å².